The normalized spacial score (nSPS) is 10.7. The standard InChI is InChI=1S/C16H14FN3OS2/c17-12-3-1-11(2-4-12)14-9-23-16(20-14)7-15(21)18-6-5-13-8-22-10-19-13/h1-4,8-10H,5-7H2,(H,18,21). The Hall–Kier alpha value is -2.12. The number of amides is 1. The molecule has 118 valence electrons. The summed E-state index contributed by atoms with van der Waals surface area (Å²) in [5, 5.41) is 7.47. The fourth-order valence-corrected chi connectivity index (χ4v) is 3.43. The lowest BCUT2D eigenvalue weighted by atomic mass is 10.2. The van der Waals surface area contributed by atoms with Gasteiger partial charge in [0.25, 0.3) is 0 Å². The fourth-order valence-electron chi connectivity index (χ4n) is 2.04. The van der Waals surface area contributed by atoms with Crippen LogP contribution in [-0.4, -0.2) is 22.4 Å². The van der Waals surface area contributed by atoms with Crippen LogP contribution in [0.15, 0.2) is 40.5 Å². The van der Waals surface area contributed by atoms with Crippen LogP contribution in [0.5, 0.6) is 0 Å². The lowest BCUT2D eigenvalue weighted by Gasteiger charge is -2.02. The Morgan fingerprint density at radius 1 is 1.22 bits per heavy atom. The van der Waals surface area contributed by atoms with E-state index in [1.54, 1.807) is 29.0 Å². The number of nitrogens with one attached hydrogen (secondary N) is 1. The van der Waals surface area contributed by atoms with Gasteiger partial charge in [-0.25, -0.2) is 14.4 Å². The Kier molecular flexibility index (Phi) is 5.09. The van der Waals surface area contributed by atoms with Gasteiger partial charge in [0.2, 0.25) is 5.91 Å². The molecule has 1 N–H and O–H groups in total. The van der Waals surface area contributed by atoms with Crippen LogP contribution in [0.4, 0.5) is 4.39 Å². The van der Waals surface area contributed by atoms with Crippen molar-refractivity contribution >= 4 is 28.6 Å². The number of nitrogens with zero attached hydrogens (tertiary/aromatic N) is 2. The molecule has 0 unspecified atom stereocenters. The third-order valence-electron chi connectivity index (χ3n) is 3.19. The molecule has 1 aromatic carbocycles. The summed E-state index contributed by atoms with van der Waals surface area (Å²) in [6.07, 6.45) is 0.983. The van der Waals surface area contributed by atoms with E-state index in [1.807, 2.05) is 10.8 Å². The second-order valence-electron chi connectivity index (χ2n) is 4.89. The quantitative estimate of drug-likeness (QED) is 0.744. The van der Waals surface area contributed by atoms with Gasteiger partial charge in [-0.05, 0) is 24.3 Å². The third-order valence-corrected chi connectivity index (χ3v) is 4.67. The molecule has 7 heteroatoms. The molecule has 2 heterocycles. The highest BCUT2D eigenvalue weighted by Crippen LogP contribution is 2.22. The number of hydrogen-bond acceptors (Lipinski definition) is 5. The lowest BCUT2D eigenvalue weighted by Crippen LogP contribution is -2.27. The molecule has 0 spiro atoms. The minimum Gasteiger partial charge on any atom is -0.355 e. The van der Waals surface area contributed by atoms with E-state index in [4.69, 9.17) is 0 Å². The maximum atomic E-state index is 12.9. The number of rotatable bonds is 6. The largest absolute Gasteiger partial charge is 0.355 e. The van der Waals surface area contributed by atoms with Crippen molar-refractivity contribution in [1.82, 2.24) is 15.3 Å². The van der Waals surface area contributed by atoms with Crippen molar-refractivity contribution < 1.29 is 9.18 Å². The van der Waals surface area contributed by atoms with Crippen LogP contribution in [0, 0.1) is 5.82 Å². The Labute approximate surface area is 141 Å². The molecule has 3 rings (SSSR count). The number of carbonyl (C=O) groups excluding carboxylic acids is 1. The lowest BCUT2D eigenvalue weighted by molar-refractivity contribution is -0.120. The molecule has 0 aliphatic heterocycles. The van der Waals surface area contributed by atoms with Gasteiger partial charge in [0.05, 0.1) is 23.3 Å². The number of hydrogen-bond donors (Lipinski definition) is 1. The summed E-state index contributed by atoms with van der Waals surface area (Å²) in [5.41, 5.74) is 4.38. The minimum atomic E-state index is -0.274. The Morgan fingerprint density at radius 2 is 2.04 bits per heavy atom. The van der Waals surface area contributed by atoms with Crippen molar-refractivity contribution in [3.63, 3.8) is 0 Å². The van der Waals surface area contributed by atoms with Crippen LogP contribution in [-0.2, 0) is 17.6 Å². The van der Waals surface area contributed by atoms with Gasteiger partial charge in [-0.15, -0.1) is 22.7 Å². The minimum absolute atomic E-state index is 0.0553. The van der Waals surface area contributed by atoms with Gasteiger partial charge in [-0.3, -0.25) is 4.79 Å². The maximum Gasteiger partial charge on any atom is 0.226 e. The maximum absolute atomic E-state index is 12.9. The van der Waals surface area contributed by atoms with Gasteiger partial charge in [0, 0.05) is 29.3 Å². The molecule has 0 saturated carbocycles. The molecule has 0 radical (unpaired) electrons. The van der Waals surface area contributed by atoms with E-state index in [0.717, 1.165) is 28.4 Å². The zero-order valence-corrected chi connectivity index (χ0v) is 13.8. The van der Waals surface area contributed by atoms with E-state index >= 15 is 0 Å². The van der Waals surface area contributed by atoms with Crippen LogP contribution >= 0.6 is 22.7 Å². The van der Waals surface area contributed by atoms with Crippen molar-refractivity contribution in [2.24, 2.45) is 0 Å². The predicted octanol–water partition coefficient (Wildman–Crippen LogP) is 3.31. The molecule has 0 aliphatic rings. The molecule has 4 nitrogen and oxygen atoms in total. The molecule has 1 amide bonds. The number of thiazole rings is 2. The smallest absolute Gasteiger partial charge is 0.226 e. The first-order valence-electron chi connectivity index (χ1n) is 7.05. The van der Waals surface area contributed by atoms with Gasteiger partial charge in [-0.1, -0.05) is 0 Å². The van der Waals surface area contributed by atoms with Crippen molar-refractivity contribution in [3.05, 3.63) is 57.1 Å². The number of benzene rings is 1. The zero-order chi connectivity index (χ0) is 16.1. The van der Waals surface area contributed by atoms with Crippen LogP contribution in [0.1, 0.15) is 10.7 Å². The van der Waals surface area contributed by atoms with E-state index in [0.29, 0.717) is 6.54 Å². The highest BCUT2D eigenvalue weighted by atomic mass is 32.1. The summed E-state index contributed by atoms with van der Waals surface area (Å²) in [6, 6.07) is 6.17. The SMILES string of the molecule is O=C(Cc1nc(-c2ccc(F)cc2)cs1)NCCc1cscn1. The highest BCUT2D eigenvalue weighted by Gasteiger charge is 2.09. The second kappa shape index (κ2) is 7.43. The summed E-state index contributed by atoms with van der Waals surface area (Å²) in [7, 11) is 0. The number of halogens is 1. The molecule has 0 atom stereocenters. The van der Waals surface area contributed by atoms with E-state index in [-0.39, 0.29) is 18.1 Å². The summed E-state index contributed by atoms with van der Waals surface area (Å²) in [6.45, 7) is 0.568. The number of carbonyl (C=O) groups is 1. The van der Waals surface area contributed by atoms with Crippen LogP contribution in [0.3, 0.4) is 0 Å². The third kappa shape index (κ3) is 4.43. The summed E-state index contributed by atoms with van der Waals surface area (Å²) in [5.74, 6) is -0.330. The molecule has 2 aromatic heterocycles. The van der Waals surface area contributed by atoms with Crippen LogP contribution in [0.2, 0.25) is 0 Å². The molecule has 0 bridgehead atoms. The molecule has 0 fully saturated rings. The van der Waals surface area contributed by atoms with E-state index in [2.05, 4.69) is 15.3 Å². The van der Waals surface area contributed by atoms with E-state index in [1.165, 1.54) is 23.5 Å². The van der Waals surface area contributed by atoms with Crippen LogP contribution in [0.25, 0.3) is 11.3 Å². The first-order chi connectivity index (χ1) is 11.2. The van der Waals surface area contributed by atoms with Gasteiger partial charge < -0.3 is 5.32 Å². The fraction of sp³-hybridized carbons (Fsp3) is 0.188. The summed E-state index contributed by atoms with van der Waals surface area (Å²) >= 11 is 2.98. The molecule has 3 aromatic rings. The van der Waals surface area contributed by atoms with Gasteiger partial charge >= 0.3 is 0 Å². The van der Waals surface area contributed by atoms with Gasteiger partial charge in [0.15, 0.2) is 0 Å². The van der Waals surface area contributed by atoms with Gasteiger partial charge in [-0.2, -0.15) is 0 Å². The van der Waals surface area contributed by atoms with Crippen molar-refractivity contribution in [2.75, 3.05) is 6.54 Å². The average Bonchev–Trinajstić information content (AvgIpc) is 3.20. The Bertz CT molecular complexity index is 769. The highest BCUT2D eigenvalue weighted by molar-refractivity contribution is 7.10. The summed E-state index contributed by atoms with van der Waals surface area (Å²) < 4.78 is 12.9. The van der Waals surface area contributed by atoms with Crippen LogP contribution < -0.4 is 5.32 Å². The molecule has 23 heavy (non-hydrogen) atoms. The topological polar surface area (TPSA) is 54.9 Å². The Balaban J connectivity index is 1.52. The predicted molar refractivity (Wildman–Crippen MR) is 90.0 cm³/mol. The van der Waals surface area contributed by atoms with E-state index in [9.17, 15) is 9.18 Å². The average molecular weight is 347 g/mol. The summed E-state index contributed by atoms with van der Waals surface area (Å²) in [4.78, 5) is 20.5. The first-order valence-corrected chi connectivity index (χ1v) is 8.87. The first kappa shape index (κ1) is 15.8. The molecular formula is C16H14FN3OS2. The number of aromatic nitrogens is 2. The second-order valence-corrected chi connectivity index (χ2v) is 6.55. The van der Waals surface area contributed by atoms with Gasteiger partial charge in [0.1, 0.15) is 10.8 Å². The molecule has 0 aliphatic carbocycles. The van der Waals surface area contributed by atoms with Crippen molar-refractivity contribution in [2.45, 2.75) is 12.8 Å². The van der Waals surface area contributed by atoms with Crippen molar-refractivity contribution in [3.8, 4) is 11.3 Å². The monoisotopic (exact) mass is 347 g/mol. The molecular weight excluding hydrogens is 333 g/mol. The van der Waals surface area contributed by atoms with Crippen molar-refractivity contribution in [1.29, 1.82) is 0 Å². The Morgan fingerprint density at radius 3 is 2.78 bits per heavy atom. The van der Waals surface area contributed by atoms with E-state index < -0.39 is 0 Å². The molecule has 0 saturated heterocycles. The zero-order valence-electron chi connectivity index (χ0n) is 12.2.